The molecule has 0 radical (unpaired) electrons. The van der Waals surface area contributed by atoms with Crippen molar-refractivity contribution in [1.29, 1.82) is 0 Å². The van der Waals surface area contributed by atoms with Gasteiger partial charge in [0.2, 0.25) is 0 Å². The first-order chi connectivity index (χ1) is 10.2. The molecule has 0 aliphatic rings. The Labute approximate surface area is 134 Å². The molecule has 0 bridgehead atoms. The maximum absolute atomic E-state index is 14.6. The van der Waals surface area contributed by atoms with Crippen LogP contribution in [0.15, 0.2) is 46.9 Å². The van der Waals surface area contributed by atoms with Gasteiger partial charge in [-0.3, -0.25) is 0 Å². The molecule has 0 saturated heterocycles. The van der Waals surface area contributed by atoms with E-state index in [2.05, 4.69) is 22.9 Å². The van der Waals surface area contributed by atoms with Crippen LogP contribution in [0.5, 0.6) is 5.75 Å². The van der Waals surface area contributed by atoms with E-state index in [1.165, 1.54) is 12.8 Å². The molecule has 0 amide bonds. The fourth-order valence-electron chi connectivity index (χ4n) is 2.21. The highest BCUT2D eigenvalue weighted by molar-refractivity contribution is 9.10. The van der Waals surface area contributed by atoms with Crippen LogP contribution in [0.25, 0.3) is 11.1 Å². The Kier molecular flexibility index (Phi) is 6.24. The van der Waals surface area contributed by atoms with Gasteiger partial charge in [-0.25, -0.2) is 4.39 Å². The summed E-state index contributed by atoms with van der Waals surface area (Å²) in [5, 5.41) is 0. The summed E-state index contributed by atoms with van der Waals surface area (Å²) in [6.07, 6.45) is 4.45. The van der Waals surface area contributed by atoms with Crippen molar-refractivity contribution >= 4 is 15.9 Å². The Morgan fingerprint density at radius 3 is 2.48 bits per heavy atom. The van der Waals surface area contributed by atoms with Gasteiger partial charge in [0, 0.05) is 5.56 Å². The van der Waals surface area contributed by atoms with Gasteiger partial charge in [0.25, 0.3) is 0 Å². The lowest BCUT2D eigenvalue weighted by atomic mass is 10.0. The number of ether oxygens (including phenoxy) is 1. The van der Waals surface area contributed by atoms with Gasteiger partial charge >= 0.3 is 0 Å². The van der Waals surface area contributed by atoms with Gasteiger partial charge in [-0.05, 0) is 34.0 Å². The predicted octanol–water partition coefficient (Wildman–Crippen LogP) is 6.21. The van der Waals surface area contributed by atoms with Gasteiger partial charge in [-0.1, -0.05) is 62.6 Å². The summed E-state index contributed by atoms with van der Waals surface area (Å²) >= 11 is 3.37. The third-order valence-corrected chi connectivity index (χ3v) is 4.00. The molecule has 1 nitrogen and oxygen atoms in total. The molecule has 0 aliphatic carbocycles. The molecule has 112 valence electrons. The highest BCUT2D eigenvalue weighted by atomic mass is 79.9. The van der Waals surface area contributed by atoms with Crippen LogP contribution in [0, 0.1) is 5.82 Å². The molecule has 2 rings (SSSR count). The van der Waals surface area contributed by atoms with Crippen LogP contribution in [0.4, 0.5) is 4.39 Å². The number of rotatable bonds is 7. The van der Waals surface area contributed by atoms with Crippen molar-refractivity contribution in [3.05, 3.63) is 52.8 Å². The Morgan fingerprint density at radius 2 is 1.76 bits per heavy atom. The summed E-state index contributed by atoms with van der Waals surface area (Å²) in [6, 6.07) is 13.1. The van der Waals surface area contributed by atoms with Crippen LogP contribution < -0.4 is 4.74 Å². The third-order valence-electron chi connectivity index (χ3n) is 3.38. The Balaban J connectivity index is 2.14. The van der Waals surface area contributed by atoms with Crippen LogP contribution in [-0.2, 0) is 0 Å². The lowest BCUT2D eigenvalue weighted by Gasteiger charge is -2.12. The van der Waals surface area contributed by atoms with Crippen LogP contribution in [-0.4, -0.2) is 6.61 Å². The highest BCUT2D eigenvalue weighted by Crippen LogP contribution is 2.35. The minimum Gasteiger partial charge on any atom is -0.489 e. The van der Waals surface area contributed by atoms with E-state index in [0.717, 1.165) is 18.4 Å². The van der Waals surface area contributed by atoms with Crippen LogP contribution >= 0.6 is 15.9 Å². The molecule has 0 heterocycles. The van der Waals surface area contributed by atoms with E-state index in [9.17, 15) is 4.39 Å². The molecule has 3 heteroatoms. The molecule has 0 spiro atoms. The van der Waals surface area contributed by atoms with Gasteiger partial charge in [0.05, 0.1) is 11.1 Å². The molecule has 0 N–H and O–H groups in total. The molecule has 0 atom stereocenters. The zero-order valence-electron chi connectivity index (χ0n) is 12.2. The predicted molar refractivity (Wildman–Crippen MR) is 89.2 cm³/mol. The van der Waals surface area contributed by atoms with Crippen LogP contribution in [0.1, 0.15) is 32.6 Å². The fraction of sp³-hybridized carbons (Fsp3) is 0.333. The van der Waals surface area contributed by atoms with Gasteiger partial charge < -0.3 is 4.74 Å². The monoisotopic (exact) mass is 350 g/mol. The van der Waals surface area contributed by atoms with Crippen molar-refractivity contribution in [1.82, 2.24) is 0 Å². The van der Waals surface area contributed by atoms with Crippen LogP contribution in [0.2, 0.25) is 0 Å². The summed E-state index contributed by atoms with van der Waals surface area (Å²) in [5.74, 6) is 0.0129. The maximum Gasteiger partial charge on any atom is 0.174 e. The summed E-state index contributed by atoms with van der Waals surface area (Å²) < 4.78 is 21.0. The summed E-state index contributed by atoms with van der Waals surface area (Å²) in [7, 11) is 0. The van der Waals surface area contributed by atoms with E-state index in [-0.39, 0.29) is 5.82 Å². The van der Waals surface area contributed by atoms with E-state index in [0.29, 0.717) is 22.4 Å². The summed E-state index contributed by atoms with van der Waals surface area (Å²) in [5.41, 5.74) is 1.43. The molecular formula is C18H20BrFO. The Bertz CT molecular complexity index is 569. The summed E-state index contributed by atoms with van der Waals surface area (Å²) in [4.78, 5) is 0. The van der Waals surface area contributed by atoms with Crippen LogP contribution in [0.3, 0.4) is 0 Å². The standard InChI is InChI=1S/C18H20BrFO/c1-2-3-4-8-13-21-18-16(19)12-11-15(17(18)20)14-9-6-5-7-10-14/h5-7,9-12H,2-4,8,13H2,1H3. The third kappa shape index (κ3) is 4.31. The molecule has 0 saturated carbocycles. The normalized spacial score (nSPS) is 10.6. The van der Waals surface area contributed by atoms with Crippen molar-refractivity contribution in [3.8, 4) is 16.9 Å². The van der Waals surface area contributed by atoms with Crippen molar-refractivity contribution in [2.75, 3.05) is 6.61 Å². The lowest BCUT2D eigenvalue weighted by Crippen LogP contribution is -2.01. The average Bonchev–Trinajstić information content (AvgIpc) is 2.51. The Hall–Kier alpha value is -1.35. The molecule has 0 fully saturated rings. The first-order valence-electron chi connectivity index (χ1n) is 7.40. The van der Waals surface area contributed by atoms with E-state index >= 15 is 0 Å². The Morgan fingerprint density at radius 1 is 1.00 bits per heavy atom. The molecule has 0 unspecified atom stereocenters. The molecule has 2 aromatic carbocycles. The molecule has 0 aromatic heterocycles. The van der Waals surface area contributed by atoms with E-state index < -0.39 is 0 Å². The largest absolute Gasteiger partial charge is 0.489 e. The minimum atomic E-state index is -0.300. The number of benzene rings is 2. The van der Waals surface area contributed by atoms with Crippen molar-refractivity contribution in [2.24, 2.45) is 0 Å². The van der Waals surface area contributed by atoms with E-state index in [4.69, 9.17) is 4.74 Å². The highest BCUT2D eigenvalue weighted by Gasteiger charge is 2.14. The molecule has 0 aliphatic heterocycles. The van der Waals surface area contributed by atoms with Gasteiger partial charge in [0.15, 0.2) is 11.6 Å². The van der Waals surface area contributed by atoms with Crippen molar-refractivity contribution in [3.63, 3.8) is 0 Å². The second kappa shape index (κ2) is 8.18. The second-order valence-electron chi connectivity index (χ2n) is 5.01. The average molecular weight is 351 g/mol. The van der Waals surface area contributed by atoms with E-state index in [1.807, 2.05) is 36.4 Å². The SMILES string of the molecule is CCCCCCOc1c(Br)ccc(-c2ccccc2)c1F. The fourth-order valence-corrected chi connectivity index (χ4v) is 2.63. The van der Waals surface area contributed by atoms with Crippen molar-refractivity contribution < 1.29 is 9.13 Å². The number of unbranched alkanes of at least 4 members (excludes halogenated alkanes) is 3. The van der Waals surface area contributed by atoms with E-state index in [1.54, 1.807) is 6.07 Å². The van der Waals surface area contributed by atoms with Gasteiger partial charge in [0.1, 0.15) is 0 Å². The first-order valence-corrected chi connectivity index (χ1v) is 8.19. The zero-order chi connectivity index (χ0) is 15.1. The topological polar surface area (TPSA) is 9.23 Å². The number of halogens is 2. The summed E-state index contributed by atoms with van der Waals surface area (Å²) in [6.45, 7) is 2.72. The molecular weight excluding hydrogens is 331 g/mol. The second-order valence-corrected chi connectivity index (χ2v) is 5.87. The first kappa shape index (κ1) is 16.0. The lowest BCUT2D eigenvalue weighted by molar-refractivity contribution is 0.289. The molecule has 2 aromatic rings. The smallest absolute Gasteiger partial charge is 0.174 e. The zero-order valence-corrected chi connectivity index (χ0v) is 13.8. The van der Waals surface area contributed by atoms with Gasteiger partial charge in [-0.15, -0.1) is 0 Å². The minimum absolute atomic E-state index is 0.300. The molecule has 21 heavy (non-hydrogen) atoms. The number of hydrogen-bond acceptors (Lipinski definition) is 1. The van der Waals surface area contributed by atoms with Gasteiger partial charge in [-0.2, -0.15) is 0 Å². The quantitative estimate of drug-likeness (QED) is 0.539. The maximum atomic E-state index is 14.6. The van der Waals surface area contributed by atoms with Crippen molar-refractivity contribution in [2.45, 2.75) is 32.6 Å². The number of hydrogen-bond donors (Lipinski definition) is 0.